The van der Waals surface area contributed by atoms with Gasteiger partial charge >= 0.3 is 0 Å². The molecule has 0 N–H and O–H groups in total. The summed E-state index contributed by atoms with van der Waals surface area (Å²) < 4.78 is 1.10. The summed E-state index contributed by atoms with van der Waals surface area (Å²) in [6.07, 6.45) is 0.605. The SMILES string of the molecule is [B]Cc1ccc(Br)cc1CBr. The van der Waals surface area contributed by atoms with Gasteiger partial charge in [-0.05, 0) is 17.7 Å². The fourth-order valence-corrected chi connectivity index (χ4v) is 1.85. The highest BCUT2D eigenvalue weighted by Gasteiger charge is 1.98. The third kappa shape index (κ3) is 2.34. The third-order valence-electron chi connectivity index (χ3n) is 1.53. The molecule has 0 spiro atoms. The van der Waals surface area contributed by atoms with Crippen LogP contribution >= 0.6 is 31.9 Å². The van der Waals surface area contributed by atoms with Crippen molar-refractivity contribution < 1.29 is 0 Å². The molecule has 56 valence electrons. The van der Waals surface area contributed by atoms with Gasteiger partial charge < -0.3 is 0 Å². The molecule has 0 heterocycles. The second kappa shape index (κ2) is 4.32. The summed E-state index contributed by atoms with van der Waals surface area (Å²) in [6.45, 7) is 0. The van der Waals surface area contributed by atoms with E-state index in [1.54, 1.807) is 0 Å². The maximum atomic E-state index is 5.54. The molecule has 1 aromatic rings. The molecule has 0 aliphatic carbocycles. The van der Waals surface area contributed by atoms with E-state index in [2.05, 4.69) is 37.9 Å². The molecule has 0 nitrogen and oxygen atoms in total. The highest BCUT2D eigenvalue weighted by Crippen LogP contribution is 2.18. The molecule has 0 bridgehead atoms. The fourth-order valence-electron chi connectivity index (χ4n) is 0.918. The van der Waals surface area contributed by atoms with Crippen molar-refractivity contribution in [2.45, 2.75) is 11.7 Å². The summed E-state index contributed by atoms with van der Waals surface area (Å²) in [5.41, 5.74) is 2.45. The van der Waals surface area contributed by atoms with Crippen LogP contribution in [0.1, 0.15) is 11.1 Å². The van der Waals surface area contributed by atoms with Gasteiger partial charge in [-0.25, -0.2) is 0 Å². The van der Waals surface area contributed by atoms with Gasteiger partial charge in [-0.15, -0.1) is 0 Å². The monoisotopic (exact) mass is 272 g/mol. The molecule has 0 saturated carbocycles. The Morgan fingerprint density at radius 2 is 2.00 bits per heavy atom. The number of rotatable bonds is 2. The molecule has 1 rings (SSSR count). The van der Waals surface area contributed by atoms with E-state index in [4.69, 9.17) is 7.85 Å². The predicted octanol–water partition coefficient (Wildman–Crippen LogP) is 3.01. The summed E-state index contributed by atoms with van der Waals surface area (Å²) >= 11 is 6.81. The first-order valence-corrected chi connectivity index (χ1v) is 5.22. The zero-order valence-corrected chi connectivity index (χ0v) is 9.15. The maximum absolute atomic E-state index is 5.54. The smallest absolute Gasteiger partial charge is 0.0716 e. The van der Waals surface area contributed by atoms with Crippen molar-refractivity contribution in [3.05, 3.63) is 33.8 Å². The normalized spacial score (nSPS) is 10.0. The van der Waals surface area contributed by atoms with Crippen molar-refractivity contribution in [2.24, 2.45) is 0 Å². The molecule has 2 radical (unpaired) electrons. The fraction of sp³-hybridized carbons (Fsp3) is 0.250. The Balaban J connectivity index is 3.06. The first kappa shape index (κ1) is 9.33. The van der Waals surface area contributed by atoms with E-state index in [0.29, 0.717) is 6.32 Å². The summed E-state index contributed by atoms with van der Waals surface area (Å²) in [6, 6.07) is 6.13. The van der Waals surface area contributed by atoms with Gasteiger partial charge in [-0.3, -0.25) is 0 Å². The zero-order chi connectivity index (χ0) is 8.27. The lowest BCUT2D eigenvalue weighted by atomic mass is 9.94. The number of hydrogen-bond acceptors (Lipinski definition) is 0. The van der Waals surface area contributed by atoms with E-state index in [9.17, 15) is 0 Å². The third-order valence-corrected chi connectivity index (χ3v) is 2.63. The van der Waals surface area contributed by atoms with E-state index < -0.39 is 0 Å². The molecule has 0 atom stereocenters. The predicted molar refractivity (Wildman–Crippen MR) is 56.2 cm³/mol. The van der Waals surface area contributed by atoms with E-state index in [1.165, 1.54) is 11.1 Å². The molecule has 3 heteroatoms. The largest absolute Gasteiger partial charge is 0.0876 e. The molecular weight excluding hydrogens is 267 g/mol. The van der Waals surface area contributed by atoms with E-state index in [-0.39, 0.29) is 0 Å². The van der Waals surface area contributed by atoms with Crippen molar-refractivity contribution in [1.29, 1.82) is 0 Å². The number of alkyl halides is 1. The van der Waals surface area contributed by atoms with Crippen LogP contribution in [0.3, 0.4) is 0 Å². The Kier molecular flexibility index (Phi) is 3.66. The Hall–Kier alpha value is 0.245. The van der Waals surface area contributed by atoms with E-state index >= 15 is 0 Å². The van der Waals surface area contributed by atoms with Gasteiger partial charge in [-0.1, -0.05) is 49.8 Å². The number of halogens is 2. The maximum Gasteiger partial charge on any atom is 0.0716 e. The minimum atomic E-state index is 0.605. The second-order valence-electron chi connectivity index (χ2n) is 2.25. The van der Waals surface area contributed by atoms with Crippen LogP contribution in [0.4, 0.5) is 0 Å². The van der Waals surface area contributed by atoms with Crippen molar-refractivity contribution >= 4 is 39.7 Å². The average molecular weight is 274 g/mol. The van der Waals surface area contributed by atoms with Crippen molar-refractivity contribution in [1.82, 2.24) is 0 Å². The second-order valence-corrected chi connectivity index (χ2v) is 3.73. The van der Waals surface area contributed by atoms with Crippen LogP contribution < -0.4 is 0 Å². The van der Waals surface area contributed by atoms with Gasteiger partial charge in [0.05, 0.1) is 7.85 Å². The summed E-state index contributed by atoms with van der Waals surface area (Å²) in [5.74, 6) is 0. The van der Waals surface area contributed by atoms with Gasteiger partial charge in [0.1, 0.15) is 0 Å². The average Bonchev–Trinajstić information content (AvgIpc) is 2.04. The molecule has 0 unspecified atom stereocenters. The molecule has 1 aromatic carbocycles. The van der Waals surface area contributed by atoms with Gasteiger partial charge in [0.25, 0.3) is 0 Å². The van der Waals surface area contributed by atoms with E-state index in [0.717, 1.165) is 9.80 Å². The number of hydrogen-bond donors (Lipinski definition) is 0. The molecule has 0 aliphatic heterocycles. The minimum absolute atomic E-state index is 0.605. The van der Waals surface area contributed by atoms with Crippen LogP contribution in [0.25, 0.3) is 0 Å². The summed E-state index contributed by atoms with van der Waals surface area (Å²) in [5, 5.41) is 0.860. The van der Waals surface area contributed by atoms with Gasteiger partial charge in [-0.2, -0.15) is 0 Å². The Labute approximate surface area is 85.0 Å². The van der Waals surface area contributed by atoms with Crippen molar-refractivity contribution in [3.63, 3.8) is 0 Å². The van der Waals surface area contributed by atoms with Crippen LogP contribution in [0.5, 0.6) is 0 Å². The van der Waals surface area contributed by atoms with Gasteiger partial charge in [0.2, 0.25) is 0 Å². The lowest BCUT2D eigenvalue weighted by Crippen LogP contribution is -1.90. The summed E-state index contributed by atoms with van der Waals surface area (Å²) in [4.78, 5) is 0. The van der Waals surface area contributed by atoms with Crippen molar-refractivity contribution in [2.75, 3.05) is 0 Å². The molecule has 0 amide bonds. The Morgan fingerprint density at radius 1 is 1.27 bits per heavy atom. The van der Waals surface area contributed by atoms with Gasteiger partial charge in [0, 0.05) is 9.80 Å². The minimum Gasteiger partial charge on any atom is -0.0876 e. The quantitative estimate of drug-likeness (QED) is 0.574. The molecular formula is C8H7BBr2. The topological polar surface area (TPSA) is 0 Å². The first-order chi connectivity index (χ1) is 5.27. The first-order valence-electron chi connectivity index (χ1n) is 3.31. The van der Waals surface area contributed by atoms with Crippen LogP contribution in [-0.4, -0.2) is 7.85 Å². The van der Waals surface area contributed by atoms with Crippen LogP contribution in [0.15, 0.2) is 22.7 Å². The zero-order valence-electron chi connectivity index (χ0n) is 5.98. The summed E-state index contributed by atoms with van der Waals surface area (Å²) in [7, 11) is 5.54. The Bertz CT molecular complexity index is 248. The molecule has 0 aliphatic rings. The molecule has 0 saturated heterocycles. The van der Waals surface area contributed by atoms with Gasteiger partial charge in [0.15, 0.2) is 0 Å². The highest BCUT2D eigenvalue weighted by atomic mass is 79.9. The van der Waals surface area contributed by atoms with E-state index in [1.807, 2.05) is 12.1 Å². The molecule has 0 aromatic heterocycles. The molecule has 11 heavy (non-hydrogen) atoms. The van der Waals surface area contributed by atoms with Crippen LogP contribution in [0.2, 0.25) is 0 Å². The van der Waals surface area contributed by atoms with Crippen LogP contribution in [0, 0.1) is 0 Å². The van der Waals surface area contributed by atoms with Crippen LogP contribution in [-0.2, 0) is 11.7 Å². The van der Waals surface area contributed by atoms with Crippen molar-refractivity contribution in [3.8, 4) is 0 Å². The lowest BCUT2D eigenvalue weighted by molar-refractivity contribution is 1.27. The standard InChI is InChI=1S/C8H7BBr2/c9-4-6-1-2-8(11)3-7(6)5-10/h1-3H,4-5H2. The highest BCUT2D eigenvalue weighted by molar-refractivity contribution is 9.10. The Morgan fingerprint density at radius 3 is 2.55 bits per heavy atom. The molecule has 0 fully saturated rings. The number of benzene rings is 1. The lowest BCUT2D eigenvalue weighted by Gasteiger charge is -2.04.